The molecule has 0 spiro atoms. The Morgan fingerprint density at radius 3 is 2.81 bits per heavy atom. The minimum Gasteiger partial charge on any atom is -0.476 e. The third-order valence-corrected chi connectivity index (χ3v) is 5.68. The van der Waals surface area contributed by atoms with Crippen molar-refractivity contribution in [2.75, 3.05) is 22.5 Å². The Bertz CT molecular complexity index is 635. The van der Waals surface area contributed by atoms with Crippen LogP contribution in [0.15, 0.2) is 24.3 Å². The van der Waals surface area contributed by atoms with Crippen molar-refractivity contribution in [1.82, 2.24) is 0 Å². The van der Waals surface area contributed by atoms with Crippen LogP contribution < -0.4 is 14.8 Å². The largest absolute Gasteiger partial charge is 0.476 e. The van der Waals surface area contributed by atoms with Crippen LogP contribution in [0.2, 0.25) is 0 Å². The van der Waals surface area contributed by atoms with Crippen LogP contribution in [0.3, 0.4) is 0 Å². The van der Waals surface area contributed by atoms with Gasteiger partial charge in [-0.25, -0.2) is 8.42 Å². The van der Waals surface area contributed by atoms with E-state index < -0.39 is 22.0 Å². The molecule has 0 radical (unpaired) electrons. The lowest BCUT2D eigenvalue weighted by molar-refractivity contribution is -0.124. The van der Waals surface area contributed by atoms with E-state index in [2.05, 4.69) is 0 Å². The monoisotopic (exact) mass is 332 g/mol. The van der Waals surface area contributed by atoms with Crippen molar-refractivity contribution in [1.29, 1.82) is 0 Å². The van der Waals surface area contributed by atoms with Gasteiger partial charge < -0.3 is 10.5 Å². The van der Waals surface area contributed by atoms with Gasteiger partial charge in [-0.3, -0.25) is 9.10 Å². The summed E-state index contributed by atoms with van der Waals surface area (Å²) in [6.07, 6.45) is -0.999. The zero-order valence-corrected chi connectivity index (χ0v) is 13.1. The number of carbonyl (C=O) groups excluding carboxylic acids is 1. The zero-order chi connectivity index (χ0) is 15.6. The Morgan fingerprint density at radius 1 is 1.52 bits per heavy atom. The minimum absolute atomic E-state index is 0.101. The van der Waals surface area contributed by atoms with E-state index in [0.717, 1.165) is 0 Å². The molecule has 0 saturated heterocycles. The first-order valence-corrected chi connectivity index (χ1v) is 8.61. The highest BCUT2D eigenvalue weighted by molar-refractivity contribution is 7.92. The average molecular weight is 333 g/mol. The number of nitrogens with two attached hydrogens (primary N) is 1. The number of nitrogens with zero attached hydrogens (tertiary/aromatic N) is 1. The Kier molecular flexibility index (Phi) is 4.63. The van der Waals surface area contributed by atoms with Crippen LogP contribution in [-0.2, 0) is 14.8 Å². The van der Waals surface area contributed by atoms with Gasteiger partial charge in [0.15, 0.2) is 6.10 Å². The number of halogens is 1. The number of hydrogen-bond donors (Lipinski definition) is 1. The summed E-state index contributed by atoms with van der Waals surface area (Å²) in [6, 6.07) is 6.65. The fourth-order valence-corrected chi connectivity index (χ4v) is 4.18. The highest BCUT2D eigenvalue weighted by atomic mass is 35.5. The van der Waals surface area contributed by atoms with E-state index in [1.165, 1.54) is 4.31 Å². The van der Waals surface area contributed by atoms with Gasteiger partial charge in [0.05, 0.1) is 18.0 Å². The molecule has 1 aliphatic rings. The van der Waals surface area contributed by atoms with Crippen LogP contribution in [0.4, 0.5) is 5.69 Å². The van der Waals surface area contributed by atoms with Crippen LogP contribution in [0, 0.1) is 5.92 Å². The number of sulfonamides is 1. The van der Waals surface area contributed by atoms with E-state index in [1.54, 1.807) is 31.2 Å². The molecule has 0 aromatic heterocycles. The fourth-order valence-electron chi connectivity index (χ4n) is 2.11. The number of amides is 1. The summed E-state index contributed by atoms with van der Waals surface area (Å²) in [7, 11) is -3.61. The number of para-hydroxylation sites is 2. The molecule has 0 bridgehead atoms. The lowest BCUT2D eigenvalue weighted by atomic mass is 10.2. The Morgan fingerprint density at radius 2 is 2.19 bits per heavy atom. The Hall–Kier alpha value is -1.47. The number of ether oxygens (including phenoxy) is 1. The number of carbonyl (C=O) groups is 1. The second kappa shape index (κ2) is 6.11. The SMILES string of the molecule is CC(CCl)CS(=O)(=O)N1CC(C(N)=O)Oc2ccccc21. The van der Waals surface area contributed by atoms with Gasteiger partial charge >= 0.3 is 0 Å². The lowest BCUT2D eigenvalue weighted by Crippen LogP contribution is -2.50. The van der Waals surface area contributed by atoms with E-state index in [-0.39, 0.29) is 24.1 Å². The minimum atomic E-state index is -3.61. The molecular formula is C13H17ClN2O4S. The van der Waals surface area contributed by atoms with Crippen LogP contribution in [-0.4, -0.2) is 38.6 Å². The summed E-state index contributed by atoms with van der Waals surface area (Å²) in [6.45, 7) is 1.63. The van der Waals surface area contributed by atoms with E-state index >= 15 is 0 Å². The van der Waals surface area contributed by atoms with Crippen molar-refractivity contribution < 1.29 is 17.9 Å². The predicted molar refractivity (Wildman–Crippen MR) is 81.1 cm³/mol. The second-order valence-corrected chi connectivity index (χ2v) is 7.29. The quantitative estimate of drug-likeness (QED) is 0.813. The Balaban J connectivity index is 2.39. The molecule has 21 heavy (non-hydrogen) atoms. The van der Waals surface area contributed by atoms with Crippen LogP contribution in [0.5, 0.6) is 5.75 Å². The summed E-state index contributed by atoms with van der Waals surface area (Å²) < 4.78 is 31.7. The number of alkyl halides is 1. The molecule has 0 saturated carbocycles. The van der Waals surface area contributed by atoms with E-state index in [1.807, 2.05) is 0 Å². The first kappa shape index (κ1) is 15.9. The zero-order valence-electron chi connectivity index (χ0n) is 11.5. The number of anilines is 1. The molecule has 8 heteroatoms. The van der Waals surface area contributed by atoms with E-state index in [0.29, 0.717) is 11.4 Å². The van der Waals surface area contributed by atoms with Crippen molar-refractivity contribution >= 4 is 33.2 Å². The molecule has 1 heterocycles. The van der Waals surface area contributed by atoms with Gasteiger partial charge in [-0.05, 0) is 18.1 Å². The third kappa shape index (κ3) is 3.41. The van der Waals surface area contributed by atoms with Crippen molar-refractivity contribution in [3.05, 3.63) is 24.3 Å². The number of benzene rings is 1. The number of primary amides is 1. The highest BCUT2D eigenvalue weighted by Gasteiger charge is 2.36. The topological polar surface area (TPSA) is 89.7 Å². The molecule has 2 unspecified atom stereocenters. The van der Waals surface area contributed by atoms with Gasteiger partial charge in [0.25, 0.3) is 5.91 Å². The molecule has 1 amide bonds. The molecule has 1 aromatic carbocycles. The van der Waals surface area contributed by atoms with Crippen molar-refractivity contribution in [3.63, 3.8) is 0 Å². The molecule has 0 fully saturated rings. The standard InChI is InChI=1S/C13H17ClN2O4S/c1-9(6-14)8-21(18,19)16-7-12(13(15)17)20-11-5-3-2-4-10(11)16/h2-5,9,12H,6-8H2,1H3,(H2,15,17). The summed E-state index contributed by atoms with van der Waals surface area (Å²) in [4.78, 5) is 11.4. The van der Waals surface area contributed by atoms with Crippen molar-refractivity contribution in [2.45, 2.75) is 13.0 Å². The summed E-state index contributed by atoms with van der Waals surface area (Å²) in [5, 5.41) is 0. The molecule has 6 nitrogen and oxygen atoms in total. The van der Waals surface area contributed by atoms with Gasteiger partial charge in [0, 0.05) is 5.88 Å². The first-order valence-electron chi connectivity index (χ1n) is 6.46. The smallest absolute Gasteiger partial charge is 0.260 e. The van der Waals surface area contributed by atoms with E-state index in [9.17, 15) is 13.2 Å². The van der Waals surface area contributed by atoms with Crippen molar-refractivity contribution in [3.8, 4) is 5.75 Å². The highest BCUT2D eigenvalue weighted by Crippen LogP contribution is 2.35. The van der Waals surface area contributed by atoms with Crippen molar-refractivity contribution in [2.24, 2.45) is 11.7 Å². The maximum Gasteiger partial charge on any atom is 0.260 e. The number of fused-ring (bicyclic) bond motifs is 1. The summed E-state index contributed by atoms with van der Waals surface area (Å²) in [5.41, 5.74) is 5.66. The predicted octanol–water partition coefficient (Wildman–Crippen LogP) is 0.944. The summed E-state index contributed by atoms with van der Waals surface area (Å²) in [5.74, 6) is -0.427. The van der Waals surface area contributed by atoms with Crippen LogP contribution in [0.25, 0.3) is 0 Å². The molecular weight excluding hydrogens is 316 g/mol. The number of hydrogen-bond acceptors (Lipinski definition) is 4. The molecule has 0 aliphatic carbocycles. The molecule has 1 aromatic rings. The molecule has 2 atom stereocenters. The van der Waals surface area contributed by atoms with Gasteiger partial charge in [-0.1, -0.05) is 19.1 Å². The average Bonchev–Trinajstić information content (AvgIpc) is 2.45. The van der Waals surface area contributed by atoms with Gasteiger partial charge in [0.2, 0.25) is 10.0 Å². The maximum atomic E-state index is 12.5. The van der Waals surface area contributed by atoms with E-state index in [4.69, 9.17) is 22.1 Å². The van der Waals surface area contributed by atoms with Gasteiger partial charge in [-0.2, -0.15) is 0 Å². The van der Waals surface area contributed by atoms with Crippen LogP contribution in [0.1, 0.15) is 6.92 Å². The molecule has 2 rings (SSSR count). The molecule has 1 aliphatic heterocycles. The summed E-state index contributed by atoms with van der Waals surface area (Å²) >= 11 is 5.69. The molecule has 116 valence electrons. The van der Waals surface area contributed by atoms with Crippen LogP contribution >= 0.6 is 11.6 Å². The second-order valence-electron chi connectivity index (χ2n) is 5.05. The third-order valence-electron chi connectivity index (χ3n) is 3.15. The fraction of sp³-hybridized carbons (Fsp3) is 0.462. The molecule has 2 N–H and O–H groups in total. The lowest BCUT2D eigenvalue weighted by Gasteiger charge is -2.34. The first-order chi connectivity index (χ1) is 9.85. The maximum absolute atomic E-state index is 12.5. The Labute approximate surface area is 128 Å². The van der Waals surface area contributed by atoms with Gasteiger partial charge in [-0.15, -0.1) is 11.6 Å². The number of rotatable bonds is 5. The van der Waals surface area contributed by atoms with Gasteiger partial charge in [0.1, 0.15) is 5.75 Å². The normalized spacial score (nSPS) is 19.5.